The molecule has 3 N–H and O–H groups in total. The predicted molar refractivity (Wildman–Crippen MR) is 96.7 cm³/mol. The highest BCUT2D eigenvalue weighted by atomic mass is 16.5. The lowest BCUT2D eigenvalue weighted by molar-refractivity contribution is -0.129. The van der Waals surface area contributed by atoms with E-state index >= 15 is 0 Å². The Hall–Kier alpha value is -2.60. The number of allylic oxidation sites excluding steroid dienone is 2. The minimum absolute atomic E-state index is 0.00615. The molecule has 25 heavy (non-hydrogen) atoms. The number of nitrogens with one attached hydrogen (secondary N) is 1. The van der Waals surface area contributed by atoms with E-state index in [4.69, 9.17) is 10.5 Å². The summed E-state index contributed by atoms with van der Waals surface area (Å²) in [4.78, 5) is 26.2. The molecular formula is C19H25N3O3. The maximum absolute atomic E-state index is 12.4. The van der Waals surface area contributed by atoms with Crippen LogP contribution in [0.3, 0.4) is 0 Å². The lowest BCUT2D eigenvalue weighted by Crippen LogP contribution is -2.34. The van der Waals surface area contributed by atoms with Crippen LogP contribution in [-0.4, -0.2) is 36.4 Å². The molecule has 0 aliphatic carbocycles. The van der Waals surface area contributed by atoms with E-state index in [9.17, 15) is 9.59 Å². The maximum Gasteiger partial charge on any atom is 0.253 e. The highest BCUT2D eigenvalue weighted by molar-refractivity contribution is 6.02. The molecule has 6 heteroatoms. The van der Waals surface area contributed by atoms with Crippen LogP contribution in [0.5, 0.6) is 5.75 Å². The Balaban J connectivity index is 2.16. The van der Waals surface area contributed by atoms with Crippen molar-refractivity contribution < 1.29 is 14.3 Å². The summed E-state index contributed by atoms with van der Waals surface area (Å²) in [6.45, 7) is 5.19. The van der Waals surface area contributed by atoms with Crippen molar-refractivity contribution in [2.45, 2.75) is 26.8 Å². The quantitative estimate of drug-likeness (QED) is 0.608. The monoisotopic (exact) mass is 343 g/mol. The first kappa shape index (κ1) is 18.7. The van der Waals surface area contributed by atoms with Gasteiger partial charge in [0.05, 0.1) is 31.0 Å². The van der Waals surface area contributed by atoms with Gasteiger partial charge in [0.1, 0.15) is 5.75 Å². The average molecular weight is 343 g/mol. The maximum atomic E-state index is 12.4. The van der Waals surface area contributed by atoms with Gasteiger partial charge in [0, 0.05) is 0 Å². The van der Waals surface area contributed by atoms with Crippen LogP contribution in [0.25, 0.3) is 0 Å². The average Bonchev–Trinajstić information content (AvgIpc) is 2.74. The fraction of sp³-hybridized carbons (Fsp3) is 0.368. The van der Waals surface area contributed by atoms with Crippen molar-refractivity contribution in [1.82, 2.24) is 10.2 Å². The first-order valence-corrected chi connectivity index (χ1v) is 8.44. The summed E-state index contributed by atoms with van der Waals surface area (Å²) in [7, 11) is 0. The zero-order valence-corrected chi connectivity index (χ0v) is 14.7. The van der Waals surface area contributed by atoms with E-state index in [1.54, 1.807) is 24.0 Å². The van der Waals surface area contributed by atoms with Gasteiger partial charge >= 0.3 is 0 Å². The molecule has 6 nitrogen and oxygen atoms in total. The van der Waals surface area contributed by atoms with E-state index in [1.807, 2.05) is 31.2 Å². The molecule has 2 amide bonds. The number of hydrogen-bond acceptors (Lipinski definition) is 4. The Bertz CT molecular complexity index is 678. The van der Waals surface area contributed by atoms with Crippen LogP contribution in [0.2, 0.25) is 0 Å². The van der Waals surface area contributed by atoms with Gasteiger partial charge in [-0.3, -0.25) is 9.59 Å². The Morgan fingerprint density at radius 3 is 2.52 bits per heavy atom. The third-order valence-electron chi connectivity index (χ3n) is 3.96. The van der Waals surface area contributed by atoms with Gasteiger partial charge in [-0.25, -0.2) is 0 Å². The van der Waals surface area contributed by atoms with Crippen molar-refractivity contribution >= 4 is 11.8 Å². The number of ether oxygens (including phenoxy) is 1. The van der Waals surface area contributed by atoms with Crippen LogP contribution in [0.4, 0.5) is 0 Å². The number of carbonyl (C=O) groups excluding carboxylic acids is 2. The van der Waals surface area contributed by atoms with Gasteiger partial charge < -0.3 is 20.7 Å². The van der Waals surface area contributed by atoms with Gasteiger partial charge in [-0.1, -0.05) is 24.3 Å². The molecule has 0 spiro atoms. The number of nitrogens with zero attached hydrogens (tertiary/aromatic N) is 1. The summed E-state index contributed by atoms with van der Waals surface area (Å²) >= 11 is 0. The van der Waals surface area contributed by atoms with Gasteiger partial charge in [-0.15, -0.1) is 0 Å². The Morgan fingerprint density at radius 2 is 1.92 bits per heavy atom. The molecule has 1 aromatic rings. The second-order valence-electron chi connectivity index (χ2n) is 5.67. The number of rotatable bonds is 6. The zero-order chi connectivity index (χ0) is 18.2. The van der Waals surface area contributed by atoms with Crippen molar-refractivity contribution in [3.63, 3.8) is 0 Å². The van der Waals surface area contributed by atoms with E-state index in [-0.39, 0.29) is 18.4 Å². The normalized spacial score (nSPS) is 18.4. The molecule has 134 valence electrons. The minimum atomic E-state index is -0.227. The minimum Gasteiger partial charge on any atom is -0.494 e. The number of hydrogen-bond donors (Lipinski definition) is 2. The summed E-state index contributed by atoms with van der Waals surface area (Å²) in [5.41, 5.74) is 7.55. The summed E-state index contributed by atoms with van der Waals surface area (Å²) < 4.78 is 5.59. The van der Waals surface area contributed by atoms with E-state index in [2.05, 4.69) is 5.32 Å². The molecule has 0 saturated carbocycles. The van der Waals surface area contributed by atoms with Gasteiger partial charge in [0.2, 0.25) is 5.91 Å². The van der Waals surface area contributed by atoms with Gasteiger partial charge in [-0.2, -0.15) is 0 Å². The summed E-state index contributed by atoms with van der Waals surface area (Å²) in [6.07, 6.45) is 4.33. The fourth-order valence-electron chi connectivity index (χ4n) is 2.65. The number of amides is 2. The Labute approximate surface area is 148 Å². The van der Waals surface area contributed by atoms with Crippen LogP contribution in [0.15, 0.2) is 47.7 Å². The van der Waals surface area contributed by atoms with Crippen molar-refractivity contribution in [3.05, 3.63) is 53.3 Å². The first-order chi connectivity index (χ1) is 12.1. The summed E-state index contributed by atoms with van der Waals surface area (Å²) in [5.74, 6) is 0.410. The molecule has 1 aromatic carbocycles. The van der Waals surface area contributed by atoms with Crippen molar-refractivity contribution in [3.8, 4) is 5.75 Å². The van der Waals surface area contributed by atoms with Crippen molar-refractivity contribution in [2.24, 2.45) is 5.73 Å². The highest BCUT2D eigenvalue weighted by Gasteiger charge is 2.28. The predicted octanol–water partition coefficient (Wildman–Crippen LogP) is 1.72. The topological polar surface area (TPSA) is 84.7 Å². The molecule has 1 aliphatic rings. The largest absolute Gasteiger partial charge is 0.494 e. The van der Waals surface area contributed by atoms with Crippen LogP contribution in [0.1, 0.15) is 25.8 Å². The Kier molecular flexibility index (Phi) is 6.77. The molecule has 0 bridgehead atoms. The lowest BCUT2D eigenvalue weighted by atomic mass is 10.1. The third-order valence-corrected chi connectivity index (χ3v) is 3.96. The standard InChI is InChI=1S/C19H25N3O3/c1-3-16-17(4-2)22(18(23)12-21-19(16)24)13-14-6-8-15(9-7-14)25-11-5-10-20/h3-4,6-9H,5,10-13,20H2,1-2H3,(H,21,24)/b16-3+,17-4+. The van der Waals surface area contributed by atoms with Gasteiger partial charge in [0.15, 0.2) is 0 Å². The first-order valence-electron chi connectivity index (χ1n) is 8.44. The molecule has 2 rings (SSSR count). The smallest absolute Gasteiger partial charge is 0.253 e. The van der Waals surface area contributed by atoms with E-state index in [0.717, 1.165) is 17.7 Å². The third kappa shape index (κ3) is 4.70. The zero-order valence-electron chi connectivity index (χ0n) is 14.7. The molecule has 0 aromatic heterocycles. The van der Waals surface area contributed by atoms with E-state index in [1.165, 1.54) is 0 Å². The van der Waals surface area contributed by atoms with E-state index in [0.29, 0.717) is 31.0 Å². The van der Waals surface area contributed by atoms with E-state index < -0.39 is 0 Å². The molecule has 1 aliphatic heterocycles. The fourth-order valence-corrected chi connectivity index (χ4v) is 2.65. The Morgan fingerprint density at radius 1 is 1.20 bits per heavy atom. The molecule has 1 heterocycles. The number of benzene rings is 1. The summed E-state index contributed by atoms with van der Waals surface area (Å²) in [5, 5.41) is 2.64. The van der Waals surface area contributed by atoms with Crippen LogP contribution in [0, 0.1) is 0 Å². The lowest BCUT2D eigenvalue weighted by Gasteiger charge is -2.23. The van der Waals surface area contributed by atoms with Gasteiger partial charge in [0.25, 0.3) is 5.91 Å². The van der Waals surface area contributed by atoms with Crippen molar-refractivity contribution in [2.75, 3.05) is 19.7 Å². The van der Waals surface area contributed by atoms with Crippen molar-refractivity contribution in [1.29, 1.82) is 0 Å². The SMILES string of the molecule is C/C=C1/C(=O)NCC(=O)N(Cc2ccc(OCCCN)cc2)/C1=C/C. The highest BCUT2D eigenvalue weighted by Crippen LogP contribution is 2.22. The molecule has 0 radical (unpaired) electrons. The number of carbonyl (C=O) groups is 2. The summed E-state index contributed by atoms with van der Waals surface area (Å²) in [6, 6.07) is 7.61. The number of nitrogens with two attached hydrogens (primary N) is 1. The molecule has 1 saturated heterocycles. The molecule has 1 fully saturated rings. The molecule has 0 atom stereocenters. The van der Waals surface area contributed by atoms with Gasteiger partial charge in [-0.05, 0) is 44.5 Å². The van der Waals surface area contributed by atoms with Crippen LogP contribution >= 0.6 is 0 Å². The second kappa shape index (κ2) is 9.03. The molecular weight excluding hydrogens is 318 g/mol. The second-order valence-corrected chi connectivity index (χ2v) is 5.67. The van der Waals surface area contributed by atoms with Crippen LogP contribution < -0.4 is 15.8 Å². The van der Waals surface area contributed by atoms with Crippen LogP contribution in [-0.2, 0) is 16.1 Å². The molecule has 0 unspecified atom stereocenters.